The maximum absolute atomic E-state index is 12.3. The van der Waals surface area contributed by atoms with Crippen LogP contribution in [0.2, 0.25) is 0 Å². The van der Waals surface area contributed by atoms with Gasteiger partial charge in [-0.25, -0.2) is 9.78 Å². The number of carboxylic acid groups (broad SMARTS) is 1. The van der Waals surface area contributed by atoms with Crippen molar-refractivity contribution < 1.29 is 19.4 Å². The van der Waals surface area contributed by atoms with Gasteiger partial charge in [-0.15, -0.1) is 0 Å². The first-order valence-corrected chi connectivity index (χ1v) is 7.83. The van der Waals surface area contributed by atoms with Crippen LogP contribution in [-0.4, -0.2) is 40.2 Å². The minimum atomic E-state index is -1.35. The van der Waals surface area contributed by atoms with Gasteiger partial charge < -0.3 is 15.2 Å². The zero-order valence-electron chi connectivity index (χ0n) is 12.7. The van der Waals surface area contributed by atoms with Gasteiger partial charge in [-0.1, -0.05) is 13.8 Å². The summed E-state index contributed by atoms with van der Waals surface area (Å²) in [5.74, 6) is -1.56. The Kier molecular flexibility index (Phi) is 4.58. The monoisotopic (exact) mass is 370 g/mol. The first-order chi connectivity index (χ1) is 10.2. The number of carboxylic acids is 1. The van der Waals surface area contributed by atoms with Gasteiger partial charge in [0, 0.05) is 29.1 Å². The van der Waals surface area contributed by atoms with Gasteiger partial charge in [0.15, 0.2) is 0 Å². The van der Waals surface area contributed by atoms with Crippen molar-refractivity contribution in [3.05, 3.63) is 28.5 Å². The summed E-state index contributed by atoms with van der Waals surface area (Å²) in [4.78, 5) is 28.1. The summed E-state index contributed by atoms with van der Waals surface area (Å²) in [7, 11) is 0. The van der Waals surface area contributed by atoms with E-state index in [2.05, 4.69) is 26.2 Å². The molecule has 7 heteroatoms. The molecule has 1 aromatic rings. The predicted octanol–water partition coefficient (Wildman–Crippen LogP) is 2.23. The number of carbonyl (C=O) groups excluding carboxylic acids is 1. The molecule has 6 nitrogen and oxygen atoms in total. The Morgan fingerprint density at radius 2 is 2.18 bits per heavy atom. The van der Waals surface area contributed by atoms with E-state index in [1.807, 2.05) is 6.92 Å². The summed E-state index contributed by atoms with van der Waals surface area (Å²) >= 11 is 3.24. The molecule has 0 aliphatic heterocycles. The average molecular weight is 371 g/mol. The van der Waals surface area contributed by atoms with Crippen LogP contribution in [-0.2, 0) is 9.53 Å². The third-order valence-electron chi connectivity index (χ3n) is 4.42. The second kappa shape index (κ2) is 5.96. The lowest BCUT2D eigenvalue weighted by Gasteiger charge is -2.58. The van der Waals surface area contributed by atoms with Crippen molar-refractivity contribution in [2.75, 3.05) is 6.61 Å². The van der Waals surface area contributed by atoms with Crippen LogP contribution in [0.1, 0.15) is 37.7 Å². The number of hydrogen-bond donors (Lipinski definition) is 2. The molecule has 1 aliphatic carbocycles. The third kappa shape index (κ3) is 2.63. The van der Waals surface area contributed by atoms with Crippen molar-refractivity contribution in [2.24, 2.45) is 5.41 Å². The van der Waals surface area contributed by atoms with Gasteiger partial charge in [0.1, 0.15) is 11.2 Å². The van der Waals surface area contributed by atoms with E-state index in [4.69, 9.17) is 4.74 Å². The molecule has 0 bridgehead atoms. The molecular formula is C15H19BrN2O4. The van der Waals surface area contributed by atoms with E-state index in [9.17, 15) is 14.7 Å². The van der Waals surface area contributed by atoms with Crippen molar-refractivity contribution in [1.29, 1.82) is 0 Å². The van der Waals surface area contributed by atoms with Gasteiger partial charge in [-0.3, -0.25) is 4.79 Å². The molecule has 2 rings (SSSR count). The highest BCUT2D eigenvalue weighted by molar-refractivity contribution is 9.10. The second-order valence-corrected chi connectivity index (χ2v) is 6.81. The second-order valence-electron chi connectivity index (χ2n) is 5.90. The van der Waals surface area contributed by atoms with Crippen LogP contribution in [0.25, 0.3) is 0 Å². The lowest BCUT2D eigenvalue weighted by atomic mass is 9.54. The van der Waals surface area contributed by atoms with Crippen molar-refractivity contribution in [3.63, 3.8) is 0 Å². The summed E-state index contributed by atoms with van der Waals surface area (Å²) in [5.41, 5.74) is -1.88. The average Bonchev–Trinajstić information content (AvgIpc) is 2.46. The molecule has 2 atom stereocenters. The number of carbonyl (C=O) groups is 2. The third-order valence-corrected chi connectivity index (χ3v) is 4.89. The van der Waals surface area contributed by atoms with E-state index in [-0.39, 0.29) is 18.2 Å². The molecule has 1 amide bonds. The Balaban J connectivity index is 2.22. The zero-order valence-corrected chi connectivity index (χ0v) is 14.3. The molecule has 1 aromatic heterocycles. The SMILES string of the molecule is CCOC1CC(NC(=O)c2ccc(Br)cn2)(C(=O)O)C1(C)C. The van der Waals surface area contributed by atoms with Crippen LogP contribution >= 0.6 is 15.9 Å². The molecule has 1 saturated carbocycles. The highest BCUT2D eigenvalue weighted by Gasteiger charge is 2.66. The maximum Gasteiger partial charge on any atom is 0.330 e. The number of hydrogen-bond acceptors (Lipinski definition) is 4. The lowest BCUT2D eigenvalue weighted by molar-refractivity contribution is -0.190. The molecule has 1 aliphatic rings. The maximum atomic E-state index is 12.3. The Morgan fingerprint density at radius 3 is 2.64 bits per heavy atom. The van der Waals surface area contributed by atoms with Gasteiger partial charge in [-0.05, 0) is 35.0 Å². The molecule has 0 radical (unpaired) electrons. The molecule has 1 fully saturated rings. The molecule has 2 N–H and O–H groups in total. The predicted molar refractivity (Wildman–Crippen MR) is 83.6 cm³/mol. The number of halogens is 1. The number of nitrogens with one attached hydrogen (secondary N) is 1. The summed E-state index contributed by atoms with van der Waals surface area (Å²) in [6, 6.07) is 3.23. The fraction of sp³-hybridized carbons (Fsp3) is 0.533. The Labute approximate surface area is 137 Å². The zero-order chi connectivity index (χ0) is 16.5. The van der Waals surface area contributed by atoms with Gasteiger partial charge in [-0.2, -0.15) is 0 Å². The Morgan fingerprint density at radius 1 is 1.50 bits per heavy atom. The highest BCUT2D eigenvalue weighted by Crippen LogP contribution is 2.51. The minimum Gasteiger partial charge on any atom is -0.479 e. The standard InChI is InChI=1S/C15H19BrN2O4/c1-4-22-11-7-15(13(20)21,14(11,2)3)18-12(19)10-6-5-9(16)8-17-10/h5-6,8,11H,4,7H2,1-3H3,(H,18,19)(H,20,21). The molecular weight excluding hydrogens is 352 g/mol. The van der Waals surface area contributed by atoms with Gasteiger partial charge >= 0.3 is 5.97 Å². The van der Waals surface area contributed by atoms with Crippen LogP contribution in [0.3, 0.4) is 0 Å². The first-order valence-electron chi connectivity index (χ1n) is 7.03. The normalized spacial score (nSPS) is 26.1. The van der Waals surface area contributed by atoms with E-state index >= 15 is 0 Å². The van der Waals surface area contributed by atoms with Crippen molar-refractivity contribution in [1.82, 2.24) is 10.3 Å². The van der Waals surface area contributed by atoms with E-state index in [1.54, 1.807) is 26.0 Å². The molecule has 120 valence electrons. The lowest BCUT2D eigenvalue weighted by Crippen LogP contribution is -2.76. The van der Waals surface area contributed by atoms with Crippen LogP contribution in [0, 0.1) is 5.41 Å². The van der Waals surface area contributed by atoms with Gasteiger partial charge in [0.05, 0.1) is 6.10 Å². The number of pyridine rings is 1. The molecule has 22 heavy (non-hydrogen) atoms. The summed E-state index contributed by atoms with van der Waals surface area (Å²) < 4.78 is 6.31. The van der Waals surface area contributed by atoms with Crippen LogP contribution in [0.15, 0.2) is 22.8 Å². The topological polar surface area (TPSA) is 88.5 Å². The Hall–Kier alpha value is -1.47. The van der Waals surface area contributed by atoms with E-state index < -0.39 is 22.8 Å². The van der Waals surface area contributed by atoms with Crippen molar-refractivity contribution in [3.8, 4) is 0 Å². The summed E-state index contributed by atoms with van der Waals surface area (Å²) in [6.07, 6.45) is 1.54. The van der Waals surface area contributed by atoms with Crippen LogP contribution in [0.4, 0.5) is 0 Å². The van der Waals surface area contributed by atoms with Crippen LogP contribution in [0.5, 0.6) is 0 Å². The minimum absolute atomic E-state index is 0.180. The number of aromatic nitrogens is 1. The van der Waals surface area contributed by atoms with E-state index in [1.165, 1.54) is 6.20 Å². The fourth-order valence-corrected chi connectivity index (χ4v) is 3.04. The van der Waals surface area contributed by atoms with E-state index in [0.717, 1.165) is 4.47 Å². The largest absolute Gasteiger partial charge is 0.479 e. The number of rotatable bonds is 5. The molecule has 0 aromatic carbocycles. The Bertz CT molecular complexity index is 588. The van der Waals surface area contributed by atoms with E-state index in [0.29, 0.717) is 6.61 Å². The fourth-order valence-electron chi connectivity index (χ4n) is 2.80. The molecule has 1 heterocycles. The summed E-state index contributed by atoms with van der Waals surface area (Å²) in [6.45, 7) is 5.95. The molecule has 2 unspecified atom stereocenters. The first kappa shape index (κ1) is 16.9. The highest BCUT2D eigenvalue weighted by atomic mass is 79.9. The number of aliphatic carboxylic acids is 1. The van der Waals surface area contributed by atoms with Gasteiger partial charge in [0.25, 0.3) is 5.91 Å². The molecule has 0 saturated heterocycles. The number of amides is 1. The van der Waals surface area contributed by atoms with Gasteiger partial charge in [0.2, 0.25) is 0 Å². The molecule has 0 spiro atoms. The number of nitrogens with zero attached hydrogens (tertiary/aromatic N) is 1. The quantitative estimate of drug-likeness (QED) is 0.829. The summed E-state index contributed by atoms with van der Waals surface area (Å²) in [5, 5.41) is 12.3. The van der Waals surface area contributed by atoms with Crippen molar-refractivity contribution in [2.45, 2.75) is 38.8 Å². The number of ether oxygens (including phenoxy) is 1. The smallest absolute Gasteiger partial charge is 0.330 e. The van der Waals surface area contributed by atoms with Crippen molar-refractivity contribution >= 4 is 27.8 Å². The van der Waals surface area contributed by atoms with Crippen LogP contribution < -0.4 is 5.32 Å².